The number of hydrogen-bond donors (Lipinski definition) is 1. The highest BCUT2D eigenvalue weighted by Crippen LogP contribution is 2.25. The van der Waals surface area contributed by atoms with E-state index in [9.17, 15) is 14.4 Å². The largest absolute Gasteiger partial charge is 0.337 e. The molecule has 1 aliphatic heterocycles. The lowest BCUT2D eigenvalue weighted by molar-refractivity contribution is -0.137. The third-order valence-electron chi connectivity index (χ3n) is 5.58. The van der Waals surface area contributed by atoms with Crippen LogP contribution in [-0.4, -0.2) is 47.7 Å². The maximum absolute atomic E-state index is 12.9. The number of likely N-dealkylation sites (N-methyl/N-ethyl adjacent to an activating group) is 1. The van der Waals surface area contributed by atoms with Crippen molar-refractivity contribution in [1.29, 1.82) is 0 Å². The number of aryl methyl sites for hydroxylation is 3. The average Bonchev–Trinajstić information content (AvgIpc) is 3.06. The summed E-state index contributed by atoms with van der Waals surface area (Å²) in [6.45, 7) is 6.53. The molecule has 6 nitrogen and oxygen atoms in total. The van der Waals surface area contributed by atoms with Crippen LogP contribution in [0.2, 0.25) is 5.02 Å². The molecule has 3 amide bonds. The molecule has 0 radical (unpaired) electrons. The van der Waals surface area contributed by atoms with Crippen LogP contribution in [0.3, 0.4) is 0 Å². The molecule has 1 heterocycles. The Morgan fingerprint density at radius 2 is 1.81 bits per heavy atom. The van der Waals surface area contributed by atoms with Gasteiger partial charge in [0.2, 0.25) is 17.7 Å². The van der Waals surface area contributed by atoms with Crippen LogP contribution in [0.5, 0.6) is 0 Å². The number of anilines is 1. The summed E-state index contributed by atoms with van der Waals surface area (Å²) < 4.78 is 0. The van der Waals surface area contributed by atoms with Crippen molar-refractivity contribution in [3.8, 4) is 0 Å². The SMILES string of the molecule is Cc1cc(C)c(NC(=O)CN(C)C(=O)[C@@H]2CC(=O)N(Cc3ccccc3Cl)C2)c(C)c1. The normalized spacial score (nSPS) is 15.8. The molecule has 3 rings (SSSR count). The van der Waals surface area contributed by atoms with Crippen molar-refractivity contribution >= 4 is 35.0 Å². The number of nitrogens with one attached hydrogen (secondary N) is 1. The van der Waals surface area contributed by atoms with Gasteiger partial charge in [-0.3, -0.25) is 14.4 Å². The minimum Gasteiger partial charge on any atom is -0.337 e. The van der Waals surface area contributed by atoms with Crippen LogP contribution in [0.25, 0.3) is 0 Å². The van der Waals surface area contributed by atoms with Gasteiger partial charge in [0.1, 0.15) is 0 Å². The van der Waals surface area contributed by atoms with Gasteiger partial charge in [-0.2, -0.15) is 0 Å². The Kier molecular flexibility index (Phi) is 7.01. The molecule has 1 atom stereocenters. The molecular formula is C24H28ClN3O3. The molecule has 1 N–H and O–H groups in total. The van der Waals surface area contributed by atoms with E-state index < -0.39 is 5.92 Å². The van der Waals surface area contributed by atoms with E-state index in [1.165, 1.54) is 4.90 Å². The van der Waals surface area contributed by atoms with Gasteiger partial charge in [-0.15, -0.1) is 0 Å². The van der Waals surface area contributed by atoms with Crippen LogP contribution < -0.4 is 5.32 Å². The lowest BCUT2D eigenvalue weighted by atomic mass is 10.0. The first-order valence-corrected chi connectivity index (χ1v) is 10.7. The molecule has 164 valence electrons. The van der Waals surface area contributed by atoms with Gasteiger partial charge in [0.05, 0.1) is 12.5 Å². The van der Waals surface area contributed by atoms with E-state index in [4.69, 9.17) is 11.6 Å². The number of carbonyl (C=O) groups excluding carboxylic acids is 3. The number of likely N-dealkylation sites (tertiary alicyclic amines) is 1. The number of amides is 3. The Labute approximate surface area is 188 Å². The van der Waals surface area contributed by atoms with E-state index in [-0.39, 0.29) is 30.7 Å². The predicted octanol–water partition coefficient (Wildman–Crippen LogP) is 3.71. The van der Waals surface area contributed by atoms with E-state index in [1.54, 1.807) is 18.0 Å². The summed E-state index contributed by atoms with van der Waals surface area (Å²) in [7, 11) is 1.60. The molecule has 2 aromatic carbocycles. The van der Waals surface area contributed by atoms with Gasteiger partial charge in [-0.05, 0) is 43.5 Å². The molecule has 0 aliphatic carbocycles. The third kappa shape index (κ3) is 5.44. The van der Waals surface area contributed by atoms with Crippen molar-refractivity contribution < 1.29 is 14.4 Å². The van der Waals surface area contributed by atoms with Crippen LogP contribution in [0.15, 0.2) is 36.4 Å². The summed E-state index contributed by atoms with van der Waals surface area (Å²) >= 11 is 6.20. The first-order valence-electron chi connectivity index (χ1n) is 10.3. The van der Waals surface area contributed by atoms with E-state index in [2.05, 4.69) is 5.32 Å². The first kappa shape index (κ1) is 22.8. The standard InChI is InChI=1S/C24H28ClN3O3/c1-15-9-16(2)23(17(3)10-15)26-21(29)14-27(4)24(31)19-11-22(30)28(13-19)12-18-7-5-6-8-20(18)25/h5-10,19H,11-14H2,1-4H3,(H,26,29)/t19-/m1/s1. The fraction of sp³-hybridized carbons (Fsp3) is 0.375. The molecule has 1 aliphatic rings. The lowest BCUT2D eigenvalue weighted by Crippen LogP contribution is -2.39. The maximum atomic E-state index is 12.9. The zero-order valence-electron chi connectivity index (χ0n) is 18.4. The maximum Gasteiger partial charge on any atom is 0.243 e. The summed E-state index contributed by atoms with van der Waals surface area (Å²) in [6, 6.07) is 11.4. The molecule has 2 aromatic rings. The number of nitrogens with zero attached hydrogens (tertiary/aromatic N) is 2. The van der Waals surface area contributed by atoms with Gasteiger partial charge in [0.25, 0.3) is 0 Å². The lowest BCUT2D eigenvalue weighted by Gasteiger charge is -2.22. The van der Waals surface area contributed by atoms with Crippen LogP contribution in [0, 0.1) is 26.7 Å². The van der Waals surface area contributed by atoms with Gasteiger partial charge in [0.15, 0.2) is 0 Å². The Bertz CT molecular complexity index is 998. The van der Waals surface area contributed by atoms with E-state index in [0.717, 1.165) is 27.9 Å². The minimum absolute atomic E-state index is 0.0687. The fourth-order valence-corrected chi connectivity index (χ4v) is 4.28. The zero-order valence-corrected chi connectivity index (χ0v) is 19.1. The van der Waals surface area contributed by atoms with Crippen molar-refractivity contribution in [2.24, 2.45) is 5.92 Å². The summed E-state index contributed by atoms with van der Waals surface area (Å²) in [6.07, 6.45) is 0.144. The topological polar surface area (TPSA) is 69.7 Å². The van der Waals surface area contributed by atoms with Crippen molar-refractivity contribution in [3.63, 3.8) is 0 Å². The second-order valence-electron chi connectivity index (χ2n) is 8.28. The Hall–Kier alpha value is -2.86. The third-order valence-corrected chi connectivity index (χ3v) is 5.95. The minimum atomic E-state index is -0.462. The van der Waals surface area contributed by atoms with E-state index in [0.29, 0.717) is 18.1 Å². The molecule has 0 unspecified atom stereocenters. The van der Waals surface area contributed by atoms with Crippen LogP contribution in [0.1, 0.15) is 28.7 Å². The van der Waals surface area contributed by atoms with Crippen molar-refractivity contribution in [3.05, 3.63) is 63.7 Å². The molecule has 31 heavy (non-hydrogen) atoms. The number of halogens is 1. The van der Waals surface area contributed by atoms with Crippen LogP contribution >= 0.6 is 11.6 Å². The zero-order chi connectivity index (χ0) is 22.7. The highest BCUT2D eigenvalue weighted by Gasteiger charge is 2.36. The number of carbonyl (C=O) groups is 3. The number of hydrogen-bond acceptors (Lipinski definition) is 3. The number of rotatable bonds is 6. The van der Waals surface area contributed by atoms with Gasteiger partial charge in [-0.1, -0.05) is 47.5 Å². The molecule has 0 spiro atoms. The quantitative estimate of drug-likeness (QED) is 0.742. The second kappa shape index (κ2) is 9.52. The average molecular weight is 442 g/mol. The van der Waals surface area contributed by atoms with Crippen LogP contribution in [-0.2, 0) is 20.9 Å². The molecule has 0 aromatic heterocycles. The Morgan fingerprint density at radius 1 is 1.16 bits per heavy atom. The predicted molar refractivity (Wildman–Crippen MR) is 122 cm³/mol. The summed E-state index contributed by atoms with van der Waals surface area (Å²) in [5, 5.41) is 3.51. The molecule has 1 saturated heterocycles. The molecule has 1 fully saturated rings. The van der Waals surface area contributed by atoms with Crippen molar-refractivity contribution in [1.82, 2.24) is 9.80 Å². The van der Waals surface area contributed by atoms with Crippen molar-refractivity contribution in [2.45, 2.75) is 33.7 Å². The van der Waals surface area contributed by atoms with E-state index >= 15 is 0 Å². The van der Waals surface area contributed by atoms with Gasteiger partial charge in [-0.25, -0.2) is 0 Å². The fourth-order valence-electron chi connectivity index (χ4n) is 4.08. The highest BCUT2D eigenvalue weighted by molar-refractivity contribution is 6.31. The van der Waals surface area contributed by atoms with Crippen molar-refractivity contribution in [2.75, 3.05) is 25.5 Å². The smallest absolute Gasteiger partial charge is 0.243 e. The van der Waals surface area contributed by atoms with Gasteiger partial charge in [0, 0.05) is 37.3 Å². The Balaban J connectivity index is 1.58. The molecular weight excluding hydrogens is 414 g/mol. The monoisotopic (exact) mass is 441 g/mol. The van der Waals surface area contributed by atoms with Gasteiger partial charge >= 0.3 is 0 Å². The van der Waals surface area contributed by atoms with Crippen LogP contribution in [0.4, 0.5) is 5.69 Å². The number of benzene rings is 2. The molecule has 7 heteroatoms. The van der Waals surface area contributed by atoms with Gasteiger partial charge < -0.3 is 15.1 Å². The van der Waals surface area contributed by atoms with E-state index in [1.807, 2.05) is 51.1 Å². The molecule has 0 saturated carbocycles. The summed E-state index contributed by atoms with van der Waals surface area (Å²) in [5.74, 6) is -1.01. The second-order valence-corrected chi connectivity index (χ2v) is 8.69. The summed E-state index contributed by atoms with van der Waals surface area (Å²) in [5.41, 5.74) is 4.72. The molecule has 0 bridgehead atoms. The first-order chi connectivity index (χ1) is 14.7. The Morgan fingerprint density at radius 3 is 2.45 bits per heavy atom. The summed E-state index contributed by atoms with van der Waals surface area (Å²) in [4.78, 5) is 40.9. The highest BCUT2D eigenvalue weighted by atomic mass is 35.5.